The average molecular weight is 256 g/mol. The molecule has 0 radical (unpaired) electrons. The molecule has 0 heterocycles. The number of hydrogen-bond acceptors (Lipinski definition) is 6. The first-order valence-corrected chi connectivity index (χ1v) is 7.17. The standard InChI is InChI=1S/2C2H4O2.2C2H5O.Ti/c2*1-2(3)4;2*1-2-3;/h2*1H3,(H,3,4);2*2H2,1H3;/q;;2*-1;+4/p-2. The summed E-state index contributed by atoms with van der Waals surface area (Å²) in [6, 6.07) is 0. The molecule has 0 aromatic carbocycles. The summed E-state index contributed by atoms with van der Waals surface area (Å²) in [5.74, 6) is -1.17. The van der Waals surface area contributed by atoms with E-state index in [1.807, 2.05) is 0 Å². The van der Waals surface area contributed by atoms with E-state index >= 15 is 0 Å². The molecule has 0 unspecified atom stereocenters. The van der Waals surface area contributed by atoms with E-state index in [2.05, 4.69) is 0 Å². The summed E-state index contributed by atoms with van der Waals surface area (Å²) in [6.45, 7) is 6.32. The van der Waals surface area contributed by atoms with Crippen LogP contribution in [0.2, 0.25) is 0 Å². The van der Waals surface area contributed by atoms with Gasteiger partial charge in [0, 0.05) is 0 Å². The molecule has 0 aromatic rings. The summed E-state index contributed by atoms with van der Waals surface area (Å²) < 4.78 is 20.1. The molecular formula is C8H16O6Ti. The molecule has 0 aliphatic rings. The van der Waals surface area contributed by atoms with Crippen LogP contribution in [0.5, 0.6) is 0 Å². The summed E-state index contributed by atoms with van der Waals surface area (Å²) in [7, 11) is 0. The third-order valence-electron chi connectivity index (χ3n) is 1.18. The van der Waals surface area contributed by atoms with Crippen molar-refractivity contribution in [3.8, 4) is 0 Å². The Morgan fingerprint density at radius 3 is 1.47 bits per heavy atom. The molecule has 0 bridgehead atoms. The second kappa shape index (κ2) is 6.95. The Morgan fingerprint density at radius 2 is 1.27 bits per heavy atom. The van der Waals surface area contributed by atoms with Crippen molar-refractivity contribution >= 4 is 11.9 Å². The van der Waals surface area contributed by atoms with Crippen LogP contribution in [0.1, 0.15) is 27.7 Å². The van der Waals surface area contributed by atoms with Gasteiger partial charge in [-0.1, -0.05) is 0 Å². The number of carbonyl (C=O) groups excluding carboxylic acids is 2. The van der Waals surface area contributed by atoms with Gasteiger partial charge in [0.05, 0.1) is 0 Å². The molecule has 0 aliphatic carbocycles. The monoisotopic (exact) mass is 256 g/mol. The Labute approximate surface area is 94.1 Å². The fourth-order valence-corrected chi connectivity index (χ4v) is 3.65. The number of hydrogen-bond donors (Lipinski definition) is 0. The Hall–Kier alpha value is -0.426. The summed E-state index contributed by atoms with van der Waals surface area (Å²) in [4.78, 5) is 21.7. The summed E-state index contributed by atoms with van der Waals surface area (Å²) >= 11 is -4.17. The molecule has 0 rings (SSSR count). The summed E-state index contributed by atoms with van der Waals surface area (Å²) in [6.07, 6.45) is 0. The zero-order valence-corrected chi connectivity index (χ0v) is 10.9. The van der Waals surface area contributed by atoms with Crippen LogP contribution in [0.15, 0.2) is 0 Å². The van der Waals surface area contributed by atoms with Gasteiger partial charge in [-0.05, 0) is 0 Å². The quantitative estimate of drug-likeness (QED) is 0.660. The van der Waals surface area contributed by atoms with Crippen LogP contribution < -0.4 is 0 Å². The van der Waals surface area contributed by atoms with Gasteiger partial charge in [0.25, 0.3) is 0 Å². The van der Waals surface area contributed by atoms with Crippen LogP contribution >= 0.6 is 0 Å². The van der Waals surface area contributed by atoms with Gasteiger partial charge in [-0.2, -0.15) is 0 Å². The minimum atomic E-state index is -4.17. The van der Waals surface area contributed by atoms with Gasteiger partial charge in [0.1, 0.15) is 0 Å². The van der Waals surface area contributed by atoms with Gasteiger partial charge in [-0.25, -0.2) is 0 Å². The van der Waals surface area contributed by atoms with Crippen molar-refractivity contribution in [2.24, 2.45) is 0 Å². The van der Waals surface area contributed by atoms with E-state index in [-0.39, 0.29) is 13.2 Å². The van der Waals surface area contributed by atoms with Crippen molar-refractivity contribution in [2.75, 3.05) is 13.2 Å². The zero-order valence-electron chi connectivity index (χ0n) is 9.36. The van der Waals surface area contributed by atoms with E-state index in [4.69, 9.17) is 13.3 Å². The van der Waals surface area contributed by atoms with E-state index in [0.717, 1.165) is 0 Å². The van der Waals surface area contributed by atoms with Crippen LogP contribution in [0.25, 0.3) is 0 Å². The van der Waals surface area contributed by atoms with Crippen LogP contribution in [0, 0.1) is 0 Å². The van der Waals surface area contributed by atoms with Gasteiger partial charge in [0.15, 0.2) is 0 Å². The van der Waals surface area contributed by atoms with Crippen molar-refractivity contribution < 1.29 is 41.0 Å². The topological polar surface area (TPSA) is 71.1 Å². The minimum absolute atomic E-state index is 0.251. The first-order valence-electron chi connectivity index (χ1n) is 4.62. The molecule has 0 saturated heterocycles. The predicted octanol–water partition coefficient (Wildman–Crippen LogP) is 1.000. The first-order chi connectivity index (χ1) is 6.95. The van der Waals surface area contributed by atoms with Crippen LogP contribution in [-0.4, -0.2) is 25.2 Å². The van der Waals surface area contributed by atoms with E-state index in [0.29, 0.717) is 0 Å². The molecule has 0 atom stereocenters. The van der Waals surface area contributed by atoms with Crippen molar-refractivity contribution in [1.82, 2.24) is 0 Å². The summed E-state index contributed by atoms with van der Waals surface area (Å²) in [5, 5.41) is 0. The number of rotatable bonds is 6. The Kier molecular flexibility index (Phi) is 6.75. The maximum absolute atomic E-state index is 10.9. The molecule has 0 fully saturated rings. The normalized spacial score (nSPS) is 10.9. The van der Waals surface area contributed by atoms with Crippen molar-refractivity contribution in [3.05, 3.63) is 0 Å². The van der Waals surface area contributed by atoms with E-state index in [1.165, 1.54) is 13.8 Å². The molecule has 7 heteroatoms. The SMILES string of the molecule is CC[O][Ti]([O]CC)([O]C(C)=O)[O]C(C)=O. The molecule has 15 heavy (non-hydrogen) atoms. The molecule has 0 spiro atoms. The summed E-state index contributed by atoms with van der Waals surface area (Å²) in [5.41, 5.74) is 0. The van der Waals surface area contributed by atoms with E-state index in [1.54, 1.807) is 13.8 Å². The van der Waals surface area contributed by atoms with Gasteiger partial charge in [-0.15, -0.1) is 0 Å². The Balaban J connectivity index is 4.69. The predicted molar refractivity (Wildman–Crippen MR) is 46.8 cm³/mol. The van der Waals surface area contributed by atoms with Gasteiger partial charge in [-0.3, -0.25) is 0 Å². The molecule has 88 valence electrons. The third kappa shape index (κ3) is 5.89. The molecule has 0 aliphatic heterocycles. The van der Waals surface area contributed by atoms with Crippen LogP contribution in [0.3, 0.4) is 0 Å². The van der Waals surface area contributed by atoms with Gasteiger partial charge >= 0.3 is 93.9 Å². The second-order valence-electron chi connectivity index (χ2n) is 2.55. The molecule has 6 nitrogen and oxygen atoms in total. The fraction of sp³-hybridized carbons (Fsp3) is 0.750. The van der Waals surface area contributed by atoms with Crippen molar-refractivity contribution in [3.63, 3.8) is 0 Å². The molecule has 0 N–H and O–H groups in total. The average Bonchev–Trinajstić information content (AvgIpc) is 2.01. The fourth-order valence-electron chi connectivity index (χ4n) is 0.886. The van der Waals surface area contributed by atoms with Crippen molar-refractivity contribution in [2.45, 2.75) is 27.7 Å². The van der Waals surface area contributed by atoms with Crippen LogP contribution in [0.4, 0.5) is 0 Å². The molecule has 0 saturated carbocycles. The first kappa shape index (κ1) is 14.6. The van der Waals surface area contributed by atoms with Crippen LogP contribution in [-0.2, 0) is 41.0 Å². The van der Waals surface area contributed by atoms with E-state index in [9.17, 15) is 9.59 Å². The number of carbonyl (C=O) groups is 2. The molecule has 0 amide bonds. The zero-order chi connectivity index (χ0) is 11.9. The maximum atomic E-state index is 10.9. The van der Waals surface area contributed by atoms with Gasteiger partial charge < -0.3 is 0 Å². The van der Waals surface area contributed by atoms with Gasteiger partial charge in [0.2, 0.25) is 0 Å². The third-order valence-corrected chi connectivity index (χ3v) is 4.86. The van der Waals surface area contributed by atoms with E-state index < -0.39 is 30.1 Å². The Morgan fingerprint density at radius 1 is 0.933 bits per heavy atom. The molecular weight excluding hydrogens is 240 g/mol. The van der Waals surface area contributed by atoms with Crippen molar-refractivity contribution in [1.29, 1.82) is 0 Å². The molecule has 0 aromatic heterocycles. The Bertz CT molecular complexity index is 205. The second-order valence-corrected chi connectivity index (χ2v) is 5.65.